The van der Waals surface area contributed by atoms with Crippen LogP contribution in [0.1, 0.15) is 5.56 Å². The summed E-state index contributed by atoms with van der Waals surface area (Å²) in [5.74, 6) is 0. The molecule has 0 fully saturated rings. The third-order valence-electron chi connectivity index (χ3n) is 2.34. The standard InChI is InChI=1S/C13H9BrN2S/c1-17-12-7-11(9-5-3-2-4-6-9)16-13(14)10(12)8-15/h2-7H,1H3. The number of halogens is 1. The molecule has 0 aliphatic rings. The van der Waals surface area contributed by atoms with Gasteiger partial charge in [-0.25, -0.2) is 4.98 Å². The highest BCUT2D eigenvalue weighted by Crippen LogP contribution is 2.30. The van der Waals surface area contributed by atoms with Crippen molar-refractivity contribution < 1.29 is 0 Å². The summed E-state index contributed by atoms with van der Waals surface area (Å²) >= 11 is 4.90. The van der Waals surface area contributed by atoms with E-state index in [-0.39, 0.29) is 0 Å². The average molecular weight is 305 g/mol. The molecule has 1 aromatic carbocycles. The van der Waals surface area contributed by atoms with Crippen molar-refractivity contribution in [2.45, 2.75) is 4.90 Å². The molecule has 0 aliphatic carbocycles. The smallest absolute Gasteiger partial charge is 0.125 e. The van der Waals surface area contributed by atoms with Gasteiger partial charge in [0.25, 0.3) is 0 Å². The van der Waals surface area contributed by atoms with Crippen molar-refractivity contribution in [1.82, 2.24) is 4.98 Å². The van der Waals surface area contributed by atoms with E-state index in [0.29, 0.717) is 10.2 Å². The summed E-state index contributed by atoms with van der Waals surface area (Å²) in [6.45, 7) is 0. The van der Waals surface area contributed by atoms with Gasteiger partial charge in [-0.2, -0.15) is 5.26 Å². The SMILES string of the molecule is CSc1cc(-c2ccccc2)nc(Br)c1C#N. The van der Waals surface area contributed by atoms with Gasteiger partial charge >= 0.3 is 0 Å². The number of thioether (sulfide) groups is 1. The van der Waals surface area contributed by atoms with E-state index in [1.807, 2.05) is 42.7 Å². The van der Waals surface area contributed by atoms with Crippen molar-refractivity contribution >= 4 is 27.7 Å². The fourth-order valence-corrected chi connectivity index (χ4v) is 2.71. The van der Waals surface area contributed by atoms with E-state index in [0.717, 1.165) is 16.2 Å². The first-order valence-electron chi connectivity index (χ1n) is 4.96. The zero-order valence-corrected chi connectivity index (χ0v) is 11.5. The largest absolute Gasteiger partial charge is 0.239 e. The zero-order valence-electron chi connectivity index (χ0n) is 9.14. The molecular weight excluding hydrogens is 296 g/mol. The lowest BCUT2D eigenvalue weighted by Crippen LogP contribution is -1.91. The second-order valence-corrected chi connectivity index (χ2v) is 4.95. The molecule has 2 aromatic rings. The summed E-state index contributed by atoms with van der Waals surface area (Å²) < 4.78 is 0.603. The summed E-state index contributed by atoms with van der Waals surface area (Å²) in [7, 11) is 0. The van der Waals surface area contributed by atoms with Crippen LogP contribution in [0.5, 0.6) is 0 Å². The monoisotopic (exact) mass is 304 g/mol. The Kier molecular flexibility index (Phi) is 3.82. The molecule has 0 unspecified atom stereocenters. The van der Waals surface area contributed by atoms with Gasteiger partial charge in [-0.05, 0) is 28.3 Å². The Bertz CT molecular complexity index is 576. The molecule has 0 bridgehead atoms. The maximum Gasteiger partial charge on any atom is 0.125 e. The number of hydrogen-bond donors (Lipinski definition) is 0. The van der Waals surface area contributed by atoms with E-state index < -0.39 is 0 Å². The Morgan fingerprint density at radius 3 is 2.59 bits per heavy atom. The van der Waals surface area contributed by atoms with Crippen LogP contribution in [0.2, 0.25) is 0 Å². The van der Waals surface area contributed by atoms with E-state index in [4.69, 9.17) is 5.26 Å². The molecule has 0 atom stereocenters. The zero-order chi connectivity index (χ0) is 12.3. The Hall–Kier alpha value is -1.31. The van der Waals surface area contributed by atoms with Crippen LogP contribution in [-0.2, 0) is 0 Å². The third kappa shape index (κ3) is 2.51. The highest BCUT2D eigenvalue weighted by molar-refractivity contribution is 9.10. The van der Waals surface area contributed by atoms with Gasteiger partial charge in [-0.15, -0.1) is 11.8 Å². The van der Waals surface area contributed by atoms with Crippen molar-refractivity contribution in [3.05, 3.63) is 46.6 Å². The van der Waals surface area contributed by atoms with Crippen LogP contribution in [0, 0.1) is 11.3 Å². The molecule has 84 valence electrons. The Balaban J connectivity index is 2.59. The van der Waals surface area contributed by atoms with Crippen LogP contribution in [0.4, 0.5) is 0 Å². The van der Waals surface area contributed by atoms with E-state index in [1.165, 1.54) is 0 Å². The molecule has 1 heterocycles. The molecule has 0 N–H and O–H groups in total. The number of nitrogens with zero attached hydrogens (tertiary/aromatic N) is 2. The first-order chi connectivity index (χ1) is 8.26. The van der Waals surface area contributed by atoms with Crippen molar-refractivity contribution in [3.63, 3.8) is 0 Å². The molecule has 2 rings (SSSR count). The molecule has 0 amide bonds. The quantitative estimate of drug-likeness (QED) is 0.619. The molecule has 17 heavy (non-hydrogen) atoms. The van der Waals surface area contributed by atoms with Crippen LogP contribution < -0.4 is 0 Å². The molecular formula is C13H9BrN2S. The molecule has 0 saturated heterocycles. The van der Waals surface area contributed by atoms with Crippen LogP contribution in [0.3, 0.4) is 0 Å². The summed E-state index contributed by atoms with van der Waals surface area (Å²) in [4.78, 5) is 5.34. The number of rotatable bonds is 2. The summed E-state index contributed by atoms with van der Waals surface area (Å²) in [5, 5.41) is 9.06. The van der Waals surface area contributed by atoms with Gasteiger partial charge in [0.2, 0.25) is 0 Å². The molecule has 4 heteroatoms. The average Bonchev–Trinajstić information content (AvgIpc) is 2.38. The third-order valence-corrected chi connectivity index (χ3v) is 3.68. The Labute approximate surface area is 113 Å². The number of pyridine rings is 1. The normalized spacial score (nSPS) is 9.94. The molecule has 0 saturated carbocycles. The number of aromatic nitrogens is 1. The Morgan fingerprint density at radius 2 is 2.00 bits per heavy atom. The van der Waals surface area contributed by atoms with E-state index in [2.05, 4.69) is 27.0 Å². The first kappa shape index (κ1) is 12.2. The van der Waals surface area contributed by atoms with Gasteiger partial charge in [0, 0.05) is 10.5 Å². The second kappa shape index (κ2) is 5.35. The minimum absolute atomic E-state index is 0.595. The number of nitriles is 1. The second-order valence-electron chi connectivity index (χ2n) is 3.35. The van der Waals surface area contributed by atoms with E-state index >= 15 is 0 Å². The van der Waals surface area contributed by atoms with Crippen molar-refractivity contribution in [2.75, 3.05) is 6.26 Å². The van der Waals surface area contributed by atoms with Gasteiger partial charge in [-0.1, -0.05) is 30.3 Å². The predicted octanol–water partition coefficient (Wildman–Crippen LogP) is 4.10. The number of hydrogen-bond acceptors (Lipinski definition) is 3. The maximum atomic E-state index is 9.06. The molecule has 0 spiro atoms. The highest BCUT2D eigenvalue weighted by atomic mass is 79.9. The minimum Gasteiger partial charge on any atom is -0.239 e. The molecule has 0 radical (unpaired) electrons. The summed E-state index contributed by atoms with van der Waals surface area (Å²) in [6, 6.07) is 14.0. The molecule has 1 aromatic heterocycles. The topological polar surface area (TPSA) is 36.7 Å². The van der Waals surface area contributed by atoms with Gasteiger partial charge in [0.15, 0.2) is 0 Å². The van der Waals surface area contributed by atoms with E-state index in [9.17, 15) is 0 Å². The van der Waals surface area contributed by atoms with Crippen molar-refractivity contribution in [2.24, 2.45) is 0 Å². The van der Waals surface area contributed by atoms with Crippen LogP contribution in [0.25, 0.3) is 11.3 Å². The first-order valence-corrected chi connectivity index (χ1v) is 6.98. The molecule has 2 nitrogen and oxygen atoms in total. The summed E-state index contributed by atoms with van der Waals surface area (Å²) in [6.07, 6.45) is 1.96. The maximum absolute atomic E-state index is 9.06. The van der Waals surface area contributed by atoms with Crippen molar-refractivity contribution in [3.8, 4) is 17.3 Å². The minimum atomic E-state index is 0.595. The predicted molar refractivity (Wildman–Crippen MR) is 73.9 cm³/mol. The van der Waals surface area contributed by atoms with Gasteiger partial charge in [-0.3, -0.25) is 0 Å². The lowest BCUT2D eigenvalue weighted by molar-refractivity contribution is 1.19. The van der Waals surface area contributed by atoms with Crippen LogP contribution in [0.15, 0.2) is 45.9 Å². The lowest BCUT2D eigenvalue weighted by atomic mass is 10.1. The lowest BCUT2D eigenvalue weighted by Gasteiger charge is -2.06. The Morgan fingerprint density at radius 1 is 1.29 bits per heavy atom. The van der Waals surface area contributed by atoms with Crippen molar-refractivity contribution in [1.29, 1.82) is 5.26 Å². The highest BCUT2D eigenvalue weighted by Gasteiger charge is 2.10. The van der Waals surface area contributed by atoms with Gasteiger partial charge < -0.3 is 0 Å². The fraction of sp³-hybridized carbons (Fsp3) is 0.0769. The van der Waals surface area contributed by atoms with E-state index in [1.54, 1.807) is 11.8 Å². The van der Waals surface area contributed by atoms with Crippen LogP contribution >= 0.6 is 27.7 Å². The van der Waals surface area contributed by atoms with Gasteiger partial charge in [0.1, 0.15) is 10.7 Å². The van der Waals surface area contributed by atoms with Gasteiger partial charge in [0.05, 0.1) is 11.3 Å². The molecule has 0 aliphatic heterocycles. The fourth-order valence-electron chi connectivity index (χ4n) is 1.51. The summed E-state index contributed by atoms with van der Waals surface area (Å²) in [5.41, 5.74) is 2.52. The van der Waals surface area contributed by atoms with Crippen LogP contribution in [-0.4, -0.2) is 11.2 Å². The number of benzene rings is 1.